The standard InChI is InChI=1S/C20H24F2N4O4/c21-18(22)14-9-11(1-6-15(14)25-7-8-30-10-16(25)27)24-20(29)17(19(23)28)26(12-2-3-12)13-4-5-13/h1,6,9,12-13,17-18H,2-5,7-8,10H2,(H2,23,28)(H,24,29)/t17-/m0/s1. The summed E-state index contributed by atoms with van der Waals surface area (Å²) in [6.07, 6.45) is 0.779. The third-order valence-corrected chi connectivity index (χ3v) is 5.56. The molecule has 10 heteroatoms. The number of nitrogens with one attached hydrogen (secondary N) is 1. The lowest BCUT2D eigenvalue weighted by Crippen LogP contribution is -2.54. The number of ether oxygens (including phenoxy) is 1. The number of hydrogen-bond donors (Lipinski definition) is 2. The van der Waals surface area contributed by atoms with Gasteiger partial charge >= 0.3 is 0 Å². The van der Waals surface area contributed by atoms with E-state index in [1.165, 1.54) is 17.0 Å². The van der Waals surface area contributed by atoms with Crippen molar-refractivity contribution < 1.29 is 27.9 Å². The van der Waals surface area contributed by atoms with Crippen LogP contribution in [0.3, 0.4) is 0 Å². The summed E-state index contributed by atoms with van der Waals surface area (Å²) >= 11 is 0. The molecule has 0 radical (unpaired) electrons. The first-order valence-electron chi connectivity index (χ1n) is 10.0. The molecule has 0 aromatic heterocycles. The zero-order valence-electron chi connectivity index (χ0n) is 16.4. The molecule has 3 N–H and O–H groups in total. The summed E-state index contributed by atoms with van der Waals surface area (Å²) in [6.45, 7) is 0.261. The minimum atomic E-state index is -2.85. The molecule has 3 amide bonds. The van der Waals surface area contributed by atoms with E-state index >= 15 is 0 Å². The number of alkyl halides is 2. The van der Waals surface area contributed by atoms with Crippen molar-refractivity contribution >= 4 is 29.1 Å². The molecule has 1 atom stereocenters. The van der Waals surface area contributed by atoms with Gasteiger partial charge in [0.15, 0.2) is 6.04 Å². The maximum atomic E-state index is 13.7. The first-order valence-corrected chi connectivity index (χ1v) is 10.0. The second-order valence-electron chi connectivity index (χ2n) is 7.88. The molecule has 1 heterocycles. The molecule has 162 valence electrons. The van der Waals surface area contributed by atoms with E-state index < -0.39 is 30.2 Å². The molecular weight excluding hydrogens is 398 g/mol. The van der Waals surface area contributed by atoms with Gasteiger partial charge in [0, 0.05) is 29.9 Å². The monoisotopic (exact) mass is 422 g/mol. The molecule has 0 spiro atoms. The van der Waals surface area contributed by atoms with Crippen molar-refractivity contribution in [3.63, 3.8) is 0 Å². The number of benzene rings is 1. The molecule has 1 aromatic carbocycles. The van der Waals surface area contributed by atoms with Crippen molar-refractivity contribution in [2.24, 2.45) is 5.73 Å². The summed E-state index contributed by atoms with van der Waals surface area (Å²) in [6, 6.07) is 3.13. The second-order valence-corrected chi connectivity index (χ2v) is 7.88. The largest absolute Gasteiger partial charge is 0.370 e. The van der Waals surface area contributed by atoms with Crippen molar-refractivity contribution in [2.75, 3.05) is 30.0 Å². The number of nitrogens with two attached hydrogens (primary N) is 1. The quantitative estimate of drug-likeness (QED) is 0.617. The molecule has 0 bridgehead atoms. The fourth-order valence-electron chi connectivity index (χ4n) is 3.91. The Balaban J connectivity index is 1.56. The zero-order chi connectivity index (χ0) is 21.4. The van der Waals surface area contributed by atoms with Gasteiger partial charge in [-0.15, -0.1) is 0 Å². The van der Waals surface area contributed by atoms with E-state index in [1.54, 1.807) is 0 Å². The van der Waals surface area contributed by atoms with E-state index in [1.807, 2.05) is 4.90 Å². The smallest absolute Gasteiger partial charge is 0.265 e. The maximum Gasteiger partial charge on any atom is 0.265 e. The van der Waals surface area contributed by atoms with Crippen LogP contribution in [0.5, 0.6) is 0 Å². The molecular formula is C20H24F2N4O4. The van der Waals surface area contributed by atoms with Crippen LogP contribution in [0.1, 0.15) is 37.7 Å². The number of primary amides is 1. The summed E-state index contributed by atoms with van der Waals surface area (Å²) in [5.41, 5.74) is 5.35. The summed E-state index contributed by atoms with van der Waals surface area (Å²) in [5, 5.41) is 2.56. The molecule has 1 aromatic rings. The minimum absolute atomic E-state index is 0.0836. The molecule has 1 saturated heterocycles. The van der Waals surface area contributed by atoms with E-state index in [4.69, 9.17) is 10.5 Å². The highest BCUT2D eigenvalue weighted by Gasteiger charge is 2.47. The average molecular weight is 422 g/mol. The van der Waals surface area contributed by atoms with Crippen LogP contribution < -0.4 is 16.0 Å². The minimum Gasteiger partial charge on any atom is -0.370 e. The van der Waals surface area contributed by atoms with Gasteiger partial charge in [0.25, 0.3) is 18.2 Å². The van der Waals surface area contributed by atoms with Crippen molar-refractivity contribution in [1.29, 1.82) is 0 Å². The van der Waals surface area contributed by atoms with Crippen LogP contribution in [0, 0.1) is 0 Å². The van der Waals surface area contributed by atoms with E-state index in [0.29, 0.717) is 0 Å². The number of amides is 3. The Kier molecular flexibility index (Phi) is 5.70. The third-order valence-electron chi connectivity index (χ3n) is 5.56. The number of morpholine rings is 1. The zero-order valence-corrected chi connectivity index (χ0v) is 16.4. The number of hydrogen-bond acceptors (Lipinski definition) is 5. The molecule has 0 unspecified atom stereocenters. The molecule has 4 rings (SSSR count). The lowest BCUT2D eigenvalue weighted by Gasteiger charge is -2.30. The lowest BCUT2D eigenvalue weighted by molar-refractivity contribution is -0.133. The van der Waals surface area contributed by atoms with Gasteiger partial charge in [0.2, 0.25) is 5.91 Å². The van der Waals surface area contributed by atoms with Crippen molar-refractivity contribution in [2.45, 2.75) is 50.2 Å². The Morgan fingerprint density at radius 2 is 1.87 bits per heavy atom. The molecule has 8 nitrogen and oxygen atoms in total. The van der Waals surface area contributed by atoms with Gasteiger partial charge in [-0.25, -0.2) is 8.78 Å². The van der Waals surface area contributed by atoms with Crippen molar-refractivity contribution in [1.82, 2.24) is 4.90 Å². The first kappa shape index (κ1) is 20.7. The lowest BCUT2D eigenvalue weighted by atomic mass is 10.1. The van der Waals surface area contributed by atoms with Crippen LogP contribution in [0.25, 0.3) is 0 Å². The van der Waals surface area contributed by atoms with Crippen LogP contribution in [0.2, 0.25) is 0 Å². The van der Waals surface area contributed by atoms with E-state index in [2.05, 4.69) is 5.32 Å². The average Bonchev–Trinajstić information content (AvgIpc) is 3.60. The van der Waals surface area contributed by atoms with Gasteiger partial charge < -0.3 is 20.7 Å². The number of rotatable bonds is 8. The number of carbonyl (C=O) groups is 3. The summed E-state index contributed by atoms with van der Waals surface area (Å²) in [7, 11) is 0. The van der Waals surface area contributed by atoms with Gasteiger partial charge in [-0.2, -0.15) is 0 Å². The van der Waals surface area contributed by atoms with Crippen LogP contribution >= 0.6 is 0 Å². The van der Waals surface area contributed by atoms with Gasteiger partial charge in [0.1, 0.15) is 6.61 Å². The third kappa shape index (κ3) is 4.29. The predicted molar refractivity (Wildman–Crippen MR) is 104 cm³/mol. The Labute approximate surface area is 172 Å². The number of carbonyl (C=O) groups excluding carboxylic acids is 3. The molecule has 3 fully saturated rings. The summed E-state index contributed by atoms with van der Waals surface area (Å²) in [4.78, 5) is 40.1. The van der Waals surface area contributed by atoms with Gasteiger partial charge in [-0.05, 0) is 43.9 Å². The van der Waals surface area contributed by atoms with Crippen LogP contribution in [-0.2, 0) is 19.1 Å². The van der Waals surface area contributed by atoms with Crippen molar-refractivity contribution in [3.05, 3.63) is 23.8 Å². The van der Waals surface area contributed by atoms with E-state index in [-0.39, 0.29) is 48.8 Å². The van der Waals surface area contributed by atoms with Crippen molar-refractivity contribution in [3.8, 4) is 0 Å². The number of halogens is 2. The number of nitrogens with zero attached hydrogens (tertiary/aromatic N) is 2. The molecule has 3 aliphatic rings. The fourth-order valence-corrected chi connectivity index (χ4v) is 3.91. The Hall–Kier alpha value is -2.59. The molecule has 2 aliphatic carbocycles. The van der Waals surface area contributed by atoms with Crippen LogP contribution in [-0.4, -0.2) is 60.5 Å². The Bertz CT molecular complexity index is 845. The van der Waals surface area contributed by atoms with E-state index in [9.17, 15) is 23.2 Å². The van der Waals surface area contributed by atoms with Gasteiger partial charge in [0.05, 0.1) is 12.3 Å². The van der Waals surface area contributed by atoms with E-state index in [0.717, 1.165) is 31.7 Å². The Morgan fingerprint density at radius 1 is 1.20 bits per heavy atom. The second kappa shape index (κ2) is 8.27. The highest BCUT2D eigenvalue weighted by Crippen LogP contribution is 2.39. The summed E-state index contributed by atoms with van der Waals surface area (Å²) in [5.74, 6) is -1.79. The predicted octanol–water partition coefficient (Wildman–Crippen LogP) is 1.41. The maximum absolute atomic E-state index is 13.7. The van der Waals surface area contributed by atoms with Gasteiger partial charge in [-0.1, -0.05) is 0 Å². The molecule has 1 aliphatic heterocycles. The molecule has 30 heavy (non-hydrogen) atoms. The van der Waals surface area contributed by atoms with Crippen LogP contribution in [0.4, 0.5) is 20.2 Å². The number of anilines is 2. The summed E-state index contributed by atoms with van der Waals surface area (Å²) < 4.78 is 32.5. The normalized spacial score (nSPS) is 20.5. The highest BCUT2D eigenvalue weighted by atomic mass is 19.3. The van der Waals surface area contributed by atoms with Crippen LogP contribution in [0.15, 0.2) is 18.2 Å². The van der Waals surface area contributed by atoms with Gasteiger partial charge in [-0.3, -0.25) is 19.3 Å². The SMILES string of the molecule is NC(=O)[C@@H](C(=O)Nc1ccc(N2CCOCC2=O)c(C(F)F)c1)N(C1CC1)C1CC1. The highest BCUT2D eigenvalue weighted by molar-refractivity contribution is 6.10. The fraction of sp³-hybridized carbons (Fsp3) is 0.550. The topological polar surface area (TPSA) is 105 Å². The molecule has 2 saturated carbocycles. The Morgan fingerprint density at radius 3 is 2.40 bits per heavy atom. The first-order chi connectivity index (χ1) is 14.4.